The van der Waals surface area contributed by atoms with E-state index < -0.39 is 0 Å². The molecule has 3 heteroatoms. The number of nitrogens with zero attached hydrogens (tertiary/aromatic N) is 3. The number of aryl methyl sites for hydroxylation is 2. The fraction of sp³-hybridized carbons (Fsp3) is 0.321. The van der Waals surface area contributed by atoms with E-state index in [0.29, 0.717) is 0 Å². The molecule has 3 nitrogen and oxygen atoms in total. The summed E-state index contributed by atoms with van der Waals surface area (Å²) in [5.74, 6) is 1.16. The predicted octanol–water partition coefficient (Wildman–Crippen LogP) is 6.22. The van der Waals surface area contributed by atoms with Gasteiger partial charge in [-0.3, -0.25) is 0 Å². The van der Waals surface area contributed by atoms with Gasteiger partial charge in [-0.2, -0.15) is 0 Å². The number of rotatable bonds is 5. The zero-order valence-electron chi connectivity index (χ0n) is 18.9. The maximum atomic E-state index is 5.25. The standard InChI is InChI=1S/C28H31N3/c1-4-10-25-17-26-20(2)21(3)31(18-22-11-6-5-7-12-22)27(26)28(29-25)30-16-15-23-13-8-9-14-24(23)19-30/h5-9,11-14,17H,4,10,15-16,18-19H2,1-3H3. The quantitative estimate of drug-likeness (QED) is 0.390. The Morgan fingerprint density at radius 1 is 0.935 bits per heavy atom. The van der Waals surface area contributed by atoms with Crippen LogP contribution in [0.4, 0.5) is 5.82 Å². The lowest BCUT2D eigenvalue weighted by atomic mass is 9.99. The van der Waals surface area contributed by atoms with Gasteiger partial charge in [-0.1, -0.05) is 67.9 Å². The van der Waals surface area contributed by atoms with Crippen molar-refractivity contribution in [3.05, 3.63) is 94.3 Å². The number of benzene rings is 2. The van der Waals surface area contributed by atoms with Crippen molar-refractivity contribution in [1.82, 2.24) is 9.55 Å². The number of hydrogen-bond donors (Lipinski definition) is 0. The van der Waals surface area contributed by atoms with Gasteiger partial charge < -0.3 is 9.47 Å². The van der Waals surface area contributed by atoms with Gasteiger partial charge in [0.2, 0.25) is 0 Å². The first-order valence-corrected chi connectivity index (χ1v) is 11.5. The number of fused-ring (bicyclic) bond motifs is 2. The van der Waals surface area contributed by atoms with Crippen LogP contribution in [0, 0.1) is 13.8 Å². The summed E-state index contributed by atoms with van der Waals surface area (Å²) in [4.78, 5) is 7.75. The van der Waals surface area contributed by atoms with E-state index in [1.54, 1.807) is 0 Å². The summed E-state index contributed by atoms with van der Waals surface area (Å²) in [5, 5.41) is 1.36. The summed E-state index contributed by atoms with van der Waals surface area (Å²) in [5.41, 5.74) is 9.46. The Bertz CT molecular complexity index is 1220. The van der Waals surface area contributed by atoms with Crippen LogP contribution in [-0.4, -0.2) is 16.1 Å². The predicted molar refractivity (Wildman–Crippen MR) is 130 cm³/mol. The molecule has 158 valence electrons. The molecular weight excluding hydrogens is 378 g/mol. The first kappa shape index (κ1) is 19.9. The van der Waals surface area contributed by atoms with Gasteiger partial charge in [0.05, 0.1) is 5.52 Å². The van der Waals surface area contributed by atoms with Gasteiger partial charge in [0.1, 0.15) is 0 Å². The Hall–Kier alpha value is -3.07. The molecule has 31 heavy (non-hydrogen) atoms. The van der Waals surface area contributed by atoms with E-state index in [2.05, 4.69) is 90.9 Å². The van der Waals surface area contributed by atoms with Gasteiger partial charge in [0.25, 0.3) is 0 Å². The lowest BCUT2D eigenvalue weighted by Crippen LogP contribution is -2.31. The van der Waals surface area contributed by atoms with Crippen LogP contribution in [0.25, 0.3) is 10.9 Å². The fourth-order valence-electron chi connectivity index (χ4n) is 4.94. The molecule has 1 aliphatic heterocycles. The van der Waals surface area contributed by atoms with Crippen LogP contribution in [0.5, 0.6) is 0 Å². The number of aromatic nitrogens is 2. The Labute approximate surface area is 185 Å². The topological polar surface area (TPSA) is 21.1 Å². The van der Waals surface area contributed by atoms with Crippen LogP contribution in [0.2, 0.25) is 0 Å². The number of anilines is 1. The fourth-order valence-corrected chi connectivity index (χ4v) is 4.94. The maximum Gasteiger partial charge on any atom is 0.153 e. The molecule has 0 fully saturated rings. The summed E-state index contributed by atoms with van der Waals surface area (Å²) in [6.45, 7) is 9.59. The third kappa shape index (κ3) is 3.63. The van der Waals surface area contributed by atoms with Crippen molar-refractivity contribution in [2.24, 2.45) is 0 Å². The summed E-state index contributed by atoms with van der Waals surface area (Å²) < 4.78 is 2.48. The van der Waals surface area contributed by atoms with Crippen molar-refractivity contribution in [3.63, 3.8) is 0 Å². The molecule has 4 aromatic rings. The Balaban J connectivity index is 1.68. The third-order valence-electron chi connectivity index (χ3n) is 6.77. The lowest BCUT2D eigenvalue weighted by Gasteiger charge is -2.31. The number of hydrogen-bond acceptors (Lipinski definition) is 2. The first-order chi connectivity index (χ1) is 15.2. The van der Waals surface area contributed by atoms with Crippen LogP contribution < -0.4 is 4.90 Å². The third-order valence-corrected chi connectivity index (χ3v) is 6.77. The molecule has 0 unspecified atom stereocenters. The van der Waals surface area contributed by atoms with Crippen LogP contribution in [0.1, 0.15) is 47.0 Å². The van der Waals surface area contributed by atoms with Gasteiger partial charge >= 0.3 is 0 Å². The zero-order chi connectivity index (χ0) is 21.4. The van der Waals surface area contributed by atoms with E-state index in [0.717, 1.165) is 44.7 Å². The second kappa shape index (κ2) is 8.22. The molecule has 0 N–H and O–H groups in total. The lowest BCUT2D eigenvalue weighted by molar-refractivity contribution is 0.713. The van der Waals surface area contributed by atoms with Crippen LogP contribution in [0.3, 0.4) is 0 Å². The highest BCUT2D eigenvalue weighted by molar-refractivity contribution is 5.94. The average Bonchev–Trinajstić information content (AvgIpc) is 3.04. The van der Waals surface area contributed by atoms with Crippen molar-refractivity contribution < 1.29 is 0 Å². The summed E-state index contributed by atoms with van der Waals surface area (Å²) in [7, 11) is 0. The highest BCUT2D eigenvalue weighted by Gasteiger charge is 2.24. The van der Waals surface area contributed by atoms with Crippen molar-refractivity contribution >= 4 is 16.7 Å². The van der Waals surface area contributed by atoms with Crippen LogP contribution >= 0.6 is 0 Å². The van der Waals surface area contributed by atoms with Gasteiger partial charge in [-0.05, 0) is 55.0 Å². The SMILES string of the molecule is CCCc1cc2c(C)c(C)n(Cc3ccccc3)c2c(N2CCc3ccccc3C2)n1. The van der Waals surface area contributed by atoms with Crippen molar-refractivity contribution in [1.29, 1.82) is 0 Å². The molecule has 0 atom stereocenters. The summed E-state index contributed by atoms with van der Waals surface area (Å²) in [6, 6.07) is 22.0. The van der Waals surface area contributed by atoms with Gasteiger partial charge in [-0.25, -0.2) is 4.98 Å². The summed E-state index contributed by atoms with van der Waals surface area (Å²) in [6.07, 6.45) is 3.22. The molecule has 5 rings (SSSR count). The molecule has 0 radical (unpaired) electrons. The molecule has 0 aliphatic carbocycles. The minimum atomic E-state index is 0.878. The molecule has 2 aromatic carbocycles. The minimum absolute atomic E-state index is 0.878. The molecule has 0 bridgehead atoms. The highest BCUT2D eigenvalue weighted by Crippen LogP contribution is 2.35. The smallest absolute Gasteiger partial charge is 0.153 e. The van der Waals surface area contributed by atoms with Gasteiger partial charge in [0, 0.05) is 36.4 Å². The zero-order valence-corrected chi connectivity index (χ0v) is 18.9. The molecule has 0 saturated carbocycles. The molecule has 1 aliphatic rings. The molecule has 0 spiro atoms. The van der Waals surface area contributed by atoms with E-state index in [-0.39, 0.29) is 0 Å². The van der Waals surface area contributed by atoms with E-state index in [9.17, 15) is 0 Å². The van der Waals surface area contributed by atoms with E-state index in [1.807, 2.05) is 0 Å². The van der Waals surface area contributed by atoms with Crippen LogP contribution in [-0.2, 0) is 25.9 Å². The van der Waals surface area contributed by atoms with Crippen LogP contribution in [0.15, 0.2) is 60.7 Å². The average molecular weight is 410 g/mol. The first-order valence-electron chi connectivity index (χ1n) is 11.5. The van der Waals surface area contributed by atoms with Crippen molar-refractivity contribution in [2.45, 2.75) is 53.1 Å². The molecule has 0 saturated heterocycles. The van der Waals surface area contributed by atoms with Gasteiger partial charge in [0.15, 0.2) is 5.82 Å². The Kier molecular flexibility index (Phi) is 5.27. The van der Waals surface area contributed by atoms with Crippen molar-refractivity contribution in [2.75, 3.05) is 11.4 Å². The van der Waals surface area contributed by atoms with E-state index in [1.165, 1.54) is 44.5 Å². The second-order valence-electron chi connectivity index (χ2n) is 8.81. The molecule has 2 aromatic heterocycles. The van der Waals surface area contributed by atoms with E-state index >= 15 is 0 Å². The Morgan fingerprint density at radius 3 is 2.45 bits per heavy atom. The van der Waals surface area contributed by atoms with Crippen molar-refractivity contribution in [3.8, 4) is 0 Å². The number of pyridine rings is 1. The summed E-state index contributed by atoms with van der Waals surface area (Å²) >= 11 is 0. The van der Waals surface area contributed by atoms with E-state index in [4.69, 9.17) is 4.98 Å². The highest BCUT2D eigenvalue weighted by atomic mass is 15.2. The molecule has 0 amide bonds. The Morgan fingerprint density at radius 2 is 1.68 bits per heavy atom. The largest absolute Gasteiger partial charge is 0.350 e. The van der Waals surface area contributed by atoms with Gasteiger partial charge in [-0.15, -0.1) is 0 Å². The minimum Gasteiger partial charge on any atom is -0.350 e. The molecule has 3 heterocycles. The molecular formula is C28H31N3. The normalized spacial score (nSPS) is 13.6. The monoisotopic (exact) mass is 409 g/mol. The second-order valence-corrected chi connectivity index (χ2v) is 8.81. The maximum absolute atomic E-state index is 5.25.